The number of carbonyl (C=O) groups is 2. The summed E-state index contributed by atoms with van der Waals surface area (Å²) in [5, 5.41) is 0.367. The van der Waals surface area contributed by atoms with Crippen LogP contribution in [0, 0.1) is 13.8 Å². The van der Waals surface area contributed by atoms with Gasteiger partial charge in [0.05, 0.1) is 16.3 Å². The number of ether oxygens (including phenoxy) is 1. The fourth-order valence-corrected chi connectivity index (χ4v) is 2.73. The largest absolute Gasteiger partial charge is 0.454 e. The first kappa shape index (κ1) is 18.1. The monoisotopic (exact) mass is 348 g/mol. The van der Waals surface area contributed by atoms with E-state index in [2.05, 4.69) is 11.5 Å². The Balaban J connectivity index is 2.06. The van der Waals surface area contributed by atoms with Crippen LogP contribution in [0.2, 0.25) is 5.02 Å². The van der Waals surface area contributed by atoms with E-state index in [0.717, 1.165) is 24.4 Å². The van der Waals surface area contributed by atoms with Gasteiger partial charge in [-0.1, -0.05) is 18.5 Å². The lowest BCUT2D eigenvalue weighted by molar-refractivity contribution is 0.0474. The highest BCUT2D eigenvalue weighted by Gasteiger charge is 2.18. The van der Waals surface area contributed by atoms with E-state index in [1.165, 1.54) is 18.2 Å². The first-order chi connectivity index (χ1) is 11.3. The number of nitrogens with two attached hydrogens (primary N) is 1. The van der Waals surface area contributed by atoms with Crippen molar-refractivity contribution < 1.29 is 14.3 Å². The van der Waals surface area contributed by atoms with E-state index in [4.69, 9.17) is 22.1 Å². The van der Waals surface area contributed by atoms with Gasteiger partial charge in [0.2, 0.25) is 5.78 Å². The lowest BCUT2D eigenvalue weighted by Crippen LogP contribution is -2.15. The molecular formula is C18H21ClN2O3. The number of benzene rings is 1. The molecule has 1 heterocycles. The van der Waals surface area contributed by atoms with Crippen molar-refractivity contribution in [3.05, 3.63) is 51.8 Å². The summed E-state index contributed by atoms with van der Waals surface area (Å²) in [6.07, 6.45) is 0.983. The molecule has 0 aliphatic heterocycles. The Labute approximate surface area is 146 Å². The standard InChI is InChI=1S/C18H21ClN2O3/c1-4-7-21-11(2)8-14(12(21)3)17(22)10-24-18(23)13-5-6-15(19)16(20)9-13/h5-6,8-9H,4,7,10,20H2,1-3H3. The zero-order valence-corrected chi connectivity index (χ0v) is 14.8. The normalized spacial score (nSPS) is 10.7. The van der Waals surface area contributed by atoms with Gasteiger partial charge in [0.25, 0.3) is 0 Å². The van der Waals surface area contributed by atoms with Gasteiger partial charge >= 0.3 is 5.97 Å². The molecule has 0 atom stereocenters. The summed E-state index contributed by atoms with van der Waals surface area (Å²) in [4.78, 5) is 24.4. The van der Waals surface area contributed by atoms with Gasteiger partial charge in [0.15, 0.2) is 6.61 Å². The molecule has 0 saturated carbocycles. The van der Waals surface area contributed by atoms with E-state index >= 15 is 0 Å². The van der Waals surface area contributed by atoms with Gasteiger partial charge < -0.3 is 15.0 Å². The summed E-state index contributed by atoms with van der Waals surface area (Å²) in [7, 11) is 0. The van der Waals surface area contributed by atoms with Crippen molar-refractivity contribution in [2.24, 2.45) is 0 Å². The van der Waals surface area contributed by atoms with Gasteiger partial charge in [-0.05, 0) is 44.5 Å². The van der Waals surface area contributed by atoms with E-state index in [9.17, 15) is 9.59 Å². The van der Waals surface area contributed by atoms with Gasteiger partial charge in [-0.2, -0.15) is 0 Å². The van der Waals surface area contributed by atoms with Crippen molar-refractivity contribution in [1.29, 1.82) is 0 Å². The summed E-state index contributed by atoms with van der Waals surface area (Å²) in [5.41, 5.74) is 8.73. The summed E-state index contributed by atoms with van der Waals surface area (Å²) < 4.78 is 7.20. The Morgan fingerprint density at radius 3 is 2.58 bits per heavy atom. The number of ketones is 1. The summed E-state index contributed by atoms with van der Waals surface area (Å²) in [6.45, 7) is 6.49. The zero-order chi connectivity index (χ0) is 17.9. The smallest absolute Gasteiger partial charge is 0.338 e. The molecule has 1 aromatic heterocycles. The third-order valence-corrected chi connectivity index (χ3v) is 4.23. The topological polar surface area (TPSA) is 74.3 Å². The van der Waals surface area contributed by atoms with Crippen molar-refractivity contribution in [2.45, 2.75) is 33.7 Å². The maximum absolute atomic E-state index is 12.4. The number of rotatable bonds is 6. The SMILES string of the molecule is CCCn1c(C)cc(C(=O)COC(=O)c2ccc(Cl)c(N)c2)c1C. The van der Waals surface area contributed by atoms with Crippen LogP contribution in [0.4, 0.5) is 5.69 Å². The highest BCUT2D eigenvalue weighted by atomic mass is 35.5. The number of Topliss-reactive ketones (excluding diaryl/α,β-unsaturated/α-hetero) is 1. The molecule has 6 heteroatoms. The minimum atomic E-state index is -0.603. The van der Waals surface area contributed by atoms with Gasteiger partial charge in [-0.25, -0.2) is 4.79 Å². The average molecular weight is 349 g/mol. The van der Waals surface area contributed by atoms with Crippen LogP contribution in [0.25, 0.3) is 0 Å². The number of carbonyl (C=O) groups excluding carboxylic acids is 2. The second-order valence-electron chi connectivity index (χ2n) is 5.67. The molecule has 0 bridgehead atoms. The molecule has 0 spiro atoms. The molecule has 0 unspecified atom stereocenters. The Morgan fingerprint density at radius 1 is 1.25 bits per heavy atom. The van der Waals surface area contributed by atoms with E-state index in [-0.39, 0.29) is 18.0 Å². The first-order valence-electron chi connectivity index (χ1n) is 7.77. The molecule has 24 heavy (non-hydrogen) atoms. The van der Waals surface area contributed by atoms with Crippen LogP contribution >= 0.6 is 11.6 Å². The molecule has 0 fully saturated rings. The van der Waals surface area contributed by atoms with Crippen LogP contribution in [-0.4, -0.2) is 22.9 Å². The molecule has 0 aliphatic carbocycles. The molecule has 0 radical (unpaired) electrons. The molecule has 2 aromatic rings. The average Bonchev–Trinajstić information content (AvgIpc) is 2.83. The van der Waals surface area contributed by atoms with E-state index in [0.29, 0.717) is 16.3 Å². The van der Waals surface area contributed by atoms with Crippen molar-refractivity contribution in [2.75, 3.05) is 12.3 Å². The first-order valence-corrected chi connectivity index (χ1v) is 8.15. The minimum Gasteiger partial charge on any atom is -0.454 e. The van der Waals surface area contributed by atoms with Crippen molar-refractivity contribution in [3.8, 4) is 0 Å². The van der Waals surface area contributed by atoms with Crippen LogP contribution < -0.4 is 5.73 Å². The highest BCUT2D eigenvalue weighted by molar-refractivity contribution is 6.33. The predicted octanol–water partition coefficient (Wildman–Crippen LogP) is 3.79. The van der Waals surface area contributed by atoms with Crippen LogP contribution in [0.5, 0.6) is 0 Å². The maximum Gasteiger partial charge on any atom is 0.338 e. The van der Waals surface area contributed by atoms with E-state index in [1.807, 2.05) is 19.9 Å². The van der Waals surface area contributed by atoms with E-state index < -0.39 is 5.97 Å². The molecular weight excluding hydrogens is 328 g/mol. The van der Waals surface area contributed by atoms with Crippen molar-refractivity contribution in [3.63, 3.8) is 0 Å². The molecule has 2 rings (SSSR count). The third kappa shape index (κ3) is 3.79. The second kappa shape index (κ2) is 7.53. The second-order valence-corrected chi connectivity index (χ2v) is 6.08. The number of aryl methyl sites for hydroxylation is 1. The summed E-state index contributed by atoms with van der Waals surface area (Å²) >= 11 is 5.82. The van der Waals surface area contributed by atoms with Crippen molar-refractivity contribution in [1.82, 2.24) is 4.57 Å². The van der Waals surface area contributed by atoms with Crippen LogP contribution in [0.15, 0.2) is 24.3 Å². The van der Waals surface area contributed by atoms with Crippen LogP contribution in [-0.2, 0) is 11.3 Å². The Hall–Kier alpha value is -2.27. The number of esters is 1. The molecule has 0 saturated heterocycles. The number of anilines is 1. The molecule has 5 nitrogen and oxygen atoms in total. The molecule has 1 aromatic carbocycles. The number of nitrogens with zero attached hydrogens (tertiary/aromatic N) is 1. The lowest BCUT2D eigenvalue weighted by atomic mass is 10.1. The number of nitrogen functional groups attached to an aromatic ring is 1. The molecule has 0 aliphatic rings. The van der Waals surface area contributed by atoms with Gasteiger partial charge in [-0.15, -0.1) is 0 Å². The minimum absolute atomic E-state index is 0.222. The van der Waals surface area contributed by atoms with Crippen molar-refractivity contribution >= 4 is 29.0 Å². The van der Waals surface area contributed by atoms with Crippen LogP contribution in [0.1, 0.15) is 45.4 Å². The van der Waals surface area contributed by atoms with Gasteiger partial charge in [0, 0.05) is 23.5 Å². The fraction of sp³-hybridized carbons (Fsp3) is 0.333. The Kier molecular flexibility index (Phi) is 5.67. The zero-order valence-electron chi connectivity index (χ0n) is 14.1. The third-order valence-electron chi connectivity index (χ3n) is 3.89. The Morgan fingerprint density at radius 2 is 1.96 bits per heavy atom. The number of hydrogen-bond donors (Lipinski definition) is 1. The quantitative estimate of drug-likeness (QED) is 0.489. The number of halogens is 1. The van der Waals surface area contributed by atoms with Crippen LogP contribution in [0.3, 0.4) is 0 Å². The van der Waals surface area contributed by atoms with Gasteiger partial charge in [0.1, 0.15) is 0 Å². The summed E-state index contributed by atoms with van der Waals surface area (Å²) in [6, 6.07) is 6.30. The van der Waals surface area contributed by atoms with E-state index in [1.54, 1.807) is 0 Å². The predicted molar refractivity (Wildman–Crippen MR) is 94.7 cm³/mol. The fourth-order valence-electron chi connectivity index (χ4n) is 2.61. The van der Waals surface area contributed by atoms with Gasteiger partial charge in [-0.3, -0.25) is 4.79 Å². The molecule has 128 valence electrons. The maximum atomic E-state index is 12.4. The lowest BCUT2D eigenvalue weighted by Gasteiger charge is -2.08. The molecule has 2 N–H and O–H groups in total. The highest BCUT2D eigenvalue weighted by Crippen LogP contribution is 2.20. The number of hydrogen-bond acceptors (Lipinski definition) is 4. The summed E-state index contributed by atoms with van der Waals surface area (Å²) in [5.74, 6) is -0.824. The Bertz CT molecular complexity index is 781. The molecule has 0 amide bonds. The number of aromatic nitrogens is 1.